The van der Waals surface area contributed by atoms with Crippen molar-refractivity contribution in [3.63, 3.8) is 0 Å². The summed E-state index contributed by atoms with van der Waals surface area (Å²) in [6.45, 7) is 5.44. The lowest BCUT2D eigenvalue weighted by Gasteiger charge is -2.11. The van der Waals surface area contributed by atoms with E-state index in [0.29, 0.717) is 21.3 Å². The number of hydrogen-bond acceptors (Lipinski definition) is 3. The lowest BCUT2D eigenvalue weighted by Crippen LogP contribution is -2.18. The molecule has 2 amide bonds. The molecule has 2 aromatic rings. The van der Waals surface area contributed by atoms with E-state index in [2.05, 4.69) is 22.2 Å². The number of anilines is 2. The van der Waals surface area contributed by atoms with Crippen molar-refractivity contribution in [2.45, 2.75) is 17.2 Å². The molecule has 0 spiro atoms. The van der Waals surface area contributed by atoms with Gasteiger partial charge in [0.05, 0.1) is 16.6 Å². The number of carbonyl (C=O) groups excluding carboxylic acids is 2. The van der Waals surface area contributed by atoms with Crippen LogP contribution in [0.3, 0.4) is 0 Å². The molecule has 1 aliphatic carbocycles. The van der Waals surface area contributed by atoms with E-state index >= 15 is 0 Å². The van der Waals surface area contributed by atoms with Crippen LogP contribution in [0.15, 0.2) is 65.8 Å². The van der Waals surface area contributed by atoms with E-state index in [0.717, 1.165) is 0 Å². The van der Waals surface area contributed by atoms with E-state index in [-0.39, 0.29) is 16.4 Å². The number of nitrogens with one attached hydrogen (secondary N) is 2. The molecule has 0 aromatic heterocycles. The Kier molecular flexibility index (Phi) is 8.14. The molecule has 172 valence electrons. The van der Waals surface area contributed by atoms with Crippen LogP contribution < -0.4 is 10.6 Å². The van der Waals surface area contributed by atoms with Crippen LogP contribution in [0.2, 0.25) is 15.1 Å². The molecule has 2 aromatic carbocycles. The Hall–Kier alpha value is -2.02. The Bertz CT molecular complexity index is 1160. The minimum Gasteiger partial charge on any atom is -0.326 e. The van der Waals surface area contributed by atoms with Gasteiger partial charge in [-0.2, -0.15) is 0 Å². The first-order valence-corrected chi connectivity index (χ1v) is 11.5. The number of allylic oxidation sites excluding steroid dienone is 2. The van der Waals surface area contributed by atoms with Gasteiger partial charge in [0.1, 0.15) is 10.0 Å². The van der Waals surface area contributed by atoms with Crippen LogP contribution in [-0.2, 0) is 9.59 Å². The smallest absolute Gasteiger partial charge is 0.273 e. The van der Waals surface area contributed by atoms with Crippen LogP contribution in [0.25, 0.3) is 0 Å². The Labute approximate surface area is 216 Å². The highest BCUT2D eigenvalue weighted by Crippen LogP contribution is 2.65. The summed E-state index contributed by atoms with van der Waals surface area (Å²) in [4.78, 5) is 29.1. The van der Waals surface area contributed by atoms with Gasteiger partial charge in [-0.1, -0.05) is 47.5 Å². The maximum atomic E-state index is 12.9. The summed E-state index contributed by atoms with van der Waals surface area (Å²) in [6.07, 6.45) is 4.88. The summed E-state index contributed by atoms with van der Waals surface area (Å²) in [6, 6.07) is 9.57. The maximum Gasteiger partial charge on any atom is 0.273 e. The van der Waals surface area contributed by atoms with E-state index in [4.69, 9.17) is 58.0 Å². The Balaban J connectivity index is 1.73. The molecule has 0 saturated heterocycles. The second-order valence-electron chi connectivity index (χ2n) is 7.22. The second-order valence-corrected chi connectivity index (χ2v) is 9.95. The van der Waals surface area contributed by atoms with Gasteiger partial charge in [-0.05, 0) is 55.0 Å². The number of hydrogen-bond donors (Lipinski definition) is 2. The van der Waals surface area contributed by atoms with E-state index in [1.807, 2.05) is 6.92 Å². The molecule has 10 heteroatoms. The molecule has 0 radical (unpaired) electrons. The van der Waals surface area contributed by atoms with Gasteiger partial charge in [0.25, 0.3) is 5.91 Å². The van der Waals surface area contributed by atoms with E-state index in [1.165, 1.54) is 18.3 Å². The lowest BCUT2D eigenvalue weighted by molar-refractivity contribution is -0.117. The van der Waals surface area contributed by atoms with Crippen molar-refractivity contribution in [1.82, 2.24) is 0 Å². The lowest BCUT2D eigenvalue weighted by atomic mass is 10.1. The topological polar surface area (TPSA) is 70.6 Å². The zero-order valence-corrected chi connectivity index (χ0v) is 21.0. The zero-order chi connectivity index (χ0) is 24.3. The van der Waals surface area contributed by atoms with Gasteiger partial charge >= 0.3 is 0 Å². The number of benzene rings is 2. The minimum absolute atomic E-state index is 0.00586. The fourth-order valence-electron chi connectivity index (χ4n) is 3.21. The van der Waals surface area contributed by atoms with Gasteiger partial charge in [0, 0.05) is 27.9 Å². The van der Waals surface area contributed by atoms with E-state index < -0.39 is 28.0 Å². The quantitative estimate of drug-likeness (QED) is 0.218. The minimum atomic E-state index is -1.32. The standard InChI is InChI=1S/C23H18Cl5N3O2/c1-3-4-7-29-12(2)21(32)31-18-11-16(5-6-17(18)26)30-22(33)20-19(23(20,27)28)13-8-14(24)10-15(25)9-13/h3-11,19-20H,2H2,1H3,(H,30,33)(H,31,32)/b4-3-,29-7-. The highest BCUT2D eigenvalue weighted by molar-refractivity contribution is 6.53. The van der Waals surface area contributed by atoms with Crippen molar-refractivity contribution in [3.05, 3.63) is 81.5 Å². The normalized spacial score (nSPS) is 19.0. The summed E-state index contributed by atoms with van der Waals surface area (Å²) in [5, 5.41) is 6.48. The van der Waals surface area contributed by atoms with Crippen molar-refractivity contribution in [2.75, 3.05) is 10.6 Å². The average molecular weight is 546 g/mol. The third-order valence-electron chi connectivity index (χ3n) is 4.83. The van der Waals surface area contributed by atoms with Crippen molar-refractivity contribution >= 4 is 87.4 Å². The number of halogens is 5. The molecule has 2 atom stereocenters. The molecule has 0 heterocycles. The van der Waals surface area contributed by atoms with Crippen LogP contribution in [0.5, 0.6) is 0 Å². The highest BCUT2D eigenvalue weighted by Gasteiger charge is 2.67. The molecule has 5 nitrogen and oxygen atoms in total. The average Bonchev–Trinajstić information content (AvgIpc) is 3.32. The fourth-order valence-corrected chi connectivity index (χ4v) is 4.75. The SMILES string of the molecule is C=C(/N=C\C=C/C)C(=O)Nc1cc(NC(=O)C2C(c3cc(Cl)cc(Cl)c3)C2(Cl)Cl)ccc1Cl. The van der Waals surface area contributed by atoms with Crippen LogP contribution in [0.4, 0.5) is 11.4 Å². The van der Waals surface area contributed by atoms with Crippen molar-refractivity contribution in [1.29, 1.82) is 0 Å². The molecule has 1 fully saturated rings. The molecule has 33 heavy (non-hydrogen) atoms. The summed E-state index contributed by atoms with van der Waals surface area (Å²) < 4.78 is -1.32. The number of rotatable bonds is 7. The Morgan fingerprint density at radius 3 is 2.36 bits per heavy atom. The number of aliphatic imine (C=N–C) groups is 1. The van der Waals surface area contributed by atoms with Crippen molar-refractivity contribution in [3.8, 4) is 0 Å². The van der Waals surface area contributed by atoms with Gasteiger partial charge in [-0.25, -0.2) is 0 Å². The Morgan fingerprint density at radius 2 is 1.73 bits per heavy atom. The predicted molar refractivity (Wildman–Crippen MR) is 138 cm³/mol. The molecular weight excluding hydrogens is 528 g/mol. The second kappa shape index (κ2) is 10.5. The monoisotopic (exact) mass is 543 g/mol. The van der Waals surface area contributed by atoms with E-state index in [9.17, 15) is 9.59 Å². The molecule has 2 unspecified atom stereocenters. The van der Waals surface area contributed by atoms with Crippen molar-refractivity contribution < 1.29 is 9.59 Å². The van der Waals surface area contributed by atoms with Crippen LogP contribution in [0.1, 0.15) is 18.4 Å². The first kappa shape index (κ1) is 25.6. The molecule has 1 aliphatic rings. The van der Waals surface area contributed by atoms with Gasteiger partial charge in [0.15, 0.2) is 0 Å². The Morgan fingerprint density at radius 1 is 1.06 bits per heavy atom. The van der Waals surface area contributed by atoms with Gasteiger partial charge < -0.3 is 10.6 Å². The fraction of sp³-hybridized carbons (Fsp3) is 0.174. The van der Waals surface area contributed by atoms with Gasteiger partial charge in [0.2, 0.25) is 5.91 Å². The van der Waals surface area contributed by atoms with Gasteiger partial charge in [-0.3, -0.25) is 14.6 Å². The van der Waals surface area contributed by atoms with Crippen LogP contribution in [0, 0.1) is 5.92 Å². The molecule has 2 N–H and O–H groups in total. The third kappa shape index (κ3) is 6.11. The number of amides is 2. The molecule has 0 bridgehead atoms. The zero-order valence-electron chi connectivity index (χ0n) is 17.2. The summed E-state index contributed by atoms with van der Waals surface area (Å²) in [5.74, 6) is -2.16. The predicted octanol–water partition coefficient (Wildman–Crippen LogP) is 7.27. The first-order valence-electron chi connectivity index (χ1n) is 9.64. The van der Waals surface area contributed by atoms with Crippen LogP contribution in [-0.4, -0.2) is 22.4 Å². The molecule has 0 aliphatic heterocycles. The number of alkyl halides is 2. The van der Waals surface area contributed by atoms with Gasteiger partial charge in [-0.15, -0.1) is 23.2 Å². The first-order chi connectivity index (χ1) is 15.5. The maximum absolute atomic E-state index is 12.9. The summed E-state index contributed by atoms with van der Waals surface area (Å²) >= 11 is 31.1. The summed E-state index contributed by atoms with van der Waals surface area (Å²) in [5.41, 5.74) is 1.33. The number of carbonyl (C=O) groups is 2. The van der Waals surface area contributed by atoms with Crippen molar-refractivity contribution in [2.24, 2.45) is 10.9 Å². The molecule has 1 saturated carbocycles. The highest BCUT2D eigenvalue weighted by atomic mass is 35.5. The molecular formula is C23H18Cl5N3O2. The third-order valence-corrected chi connectivity index (χ3v) is 6.54. The molecule has 3 rings (SSSR count). The number of nitrogens with zero attached hydrogens (tertiary/aromatic N) is 1. The summed E-state index contributed by atoms with van der Waals surface area (Å²) in [7, 11) is 0. The van der Waals surface area contributed by atoms with Crippen LogP contribution >= 0.6 is 58.0 Å². The van der Waals surface area contributed by atoms with E-state index in [1.54, 1.807) is 36.4 Å². The largest absolute Gasteiger partial charge is 0.326 e.